The van der Waals surface area contributed by atoms with E-state index in [-0.39, 0.29) is 11.8 Å². The molecule has 3 heteroatoms. The minimum atomic E-state index is 0.134. The van der Waals surface area contributed by atoms with E-state index < -0.39 is 0 Å². The largest absolute Gasteiger partial charge is 0.355 e. The Balaban J connectivity index is 2.26. The molecule has 1 aliphatic rings. The summed E-state index contributed by atoms with van der Waals surface area (Å²) in [5.41, 5.74) is 2.23. The van der Waals surface area contributed by atoms with Gasteiger partial charge in [-0.2, -0.15) is 0 Å². The van der Waals surface area contributed by atoms with Crippen LogP contribution in [0.3, 0.4) is 0 Å². The highest BCUT2D eigenvalue weighted by Gasteiger charge is 2.24. The number of pyridine rings is 1. The molecule has 0 bridgehead atoms. The number of rotatable bonds is 1. The van der Waals surface area contributed by atoms with Crippen molar-refractivity contribution in [2.24, 2.45) is 0 Å². The Bertz CT molecular complexity index is 335. The van der Waals surface area contributed by atoms with Crippen molar-refractivity contribution in [3.8, 4) is 0 Å². The van der Waals surface area contributed by atoms with Crippen molar-refractivity contribution in [2.75, 3.05) is 6.54 Å². The third-order valence-corrected chi connectivity index (χ3v) is 2.41. The number of nitrogens with one attached hydrogen (secondary N) is 1. The van der Waals surface area contributed by atoms with E-state index in [9.17, 15) is 4.79 Å². The average Bonchev–Trinajstić information content (AvgIpc) is 2.53. The van der Waals surface area contributed by atoms with Gasteiger partial charge in [-0.3, -0.25) is 9.78 Å². The molecule has 1 aromatic rings. The number of carbonyl (C=O) groups excluding carboxylic acids is 1. The summed E-state index contributed by atoms with van der Waals surface area (Å²) in [5, 5.41) is 2.82. The molecule has 0 radical (unpaired) electrons. The quantitative estimate of drug-likeness (QED) is 0.693. The number of hydrogen-bond acceptors (Lipinski definition) is 2. The van der Waals surface area contributed by atoms with Crippen LogP contribution in [0.25, 0.3) is 0 Å². The highest BCUT2D eigenvalue weighted by Crippen LogP contribution is 2.23. The van der Waals surface area contributed by atoms with Crippen LogP contribution < -0.4 is 5.32 Å². The van der Waals surface area contributed by atoms with Crippen LogP contribution in [-0.2, 0) is 4.79 Å². The Morgan fingerprint density at radius 1 is 1.62 bits per heavy atom. The van der Waals surface area contributed by atoms with Gasteiger partial charge in [0.05, 0.1) is 0 Å². The highest BCUT2D eigenvalue weighted by molar-refractivity contribution is 5.79. The van der Waals surface area contributed by atoms with E-state index in [1.165, 1.54) is 5.56 Å². The Morgan fingerprint density at radius 3 is 3.08 bits per heavy atom. The third kappa shape index (κ3) is 1.54. The summed E-state index contributed by atoms with van der Waals surface area (Å²) in [4.78, 5) is 15.3. The number of nitrogens with zero attached hydrogens (tertiary/aromatic N) is 1. The van der Waals surface area contributed by atoms with Crippen LogP contribution in [0.2, 0.25) is 0 Å². The molecule has 1 aromatic heterocycles. The first-order chi connectivity index (χ1) is 6.27. The maximum Gasteiger partial charge on any atom is 0.220 e. The van der Waals surface area contributed by atoms with Gasteiger partial charge in [0.15, 0.2) is 0 Å². The van der Waals surface area contributed by atoms with Crippen LogP contribution in [0.15, 0.2) is 18.3 Å². The molecule has 68 valence electrons. The number of carbonyl (C=O) groups is 1. The van der Waals surface area contributed by atoms with E-state index in [2.05, 4.69) is 10.3 Å². The molecule has 1 aliphatic heterocycles. The maximum atomic E-state index is 11.0. The lowest BCUT2D eigenvalue weighted by atomic mass is 10.00. The predicted molar refractivity (Wildman–Crippen MR) is 49.3 cm³/mol. The lowest BCUT2D eigenvalue weighted by Crippen LogP contribution is -2.14. The summed E-state index contributed by atoms with van der Waals surface area (Å²) in [5.74, 6) is 0.406. The van der Waals surface area contributed by atoms with Gasteiger partial charge < -0.3 is 5.32 Å². The smallest absolute Gasteiger partial charge is 0.220 e. The Kier molecular flexibility index (Phi) is 2.00. The average molecular weight is 176 g/mol. The second-order valence-corrected chi connectivity index (χ2v) is 3.41. The van der Waals surface area contributed by atoms with Crippen molar-refractivity contribution in [1.82, 2.24) is 10.3 Å². The summed E-state index contributed by atoms with van der Waals surface area (Å²) >= 11 is 0. The second-order valence-electron chi connectivity index (χ2n) is 3.41. The third-order valence-electron chi connectivity index (χ3n) is 2.41. The Morgan fingerprint density at radius 2 is 2.46 bits per heavy atom. The summed E-state index contributed by atoms with van der Waals surface area (Å²) in [6.07, 6.45) is 2.36. The Hall–Kier alpha value is -1.38. The van der Waals surface area contributed by atoms with E-state index >= 15 is 0 Å². The van der Waals surface area contributed by atoms with Gasteiger partial charge in [0.1, 0.15) is 0 Å². The standard InChI is InChI=1S/C10H12N2O/c1-7-3-2-4-11-10(7)8-5-9(13)12-6-8/h2-4,8H,5-6H2,1H3,(H,12,13). The molecule has 2 heterocycles. The predicted octanol–water partition coefficient (Wildman–Crippen LogP) is 0.994. The fourth-order valence-electron chi connectivity index (χ4n) is 1.72. The van der Waals surface area contributed by atoms with Crippen molar-refractivity contribution >= 4 is 5.91 Å². The summed E-state index contributed by atoms with van der Waals surface area (Å²) in [6.45, 7) is 2.77. The molecular weight excluding hydrogens is 164 g/mol. The molecule has 1 saturated heterocycles. The van der Waals surface area contributed by atoms with Crippen LogP contribution in [-0.4, -0.2) is 17.4 Å². The molecule has 0 spiro atoms. The van der Waals surface area contributed by atoms with Gasteiger partial charge in [-0.05, 0) is 18.6 Å². The van der Waals surface area contributed by atoms with Crippen molar-refractivity contribution in [2.45, 2.75) is 19.3 Å². The van der Waals surface area contributed by atoms with Crippen molar-refractivity contribution < 1.29 is 4.79 Å². The minimum Gasteiger partial charge on any atom is -0.355 e. The van der Waals surface area contributed by atoms with E-state index in [4.69, 9.17) is 0 Å². The lowest BCUT2D eigenvalue weighted by Gasteiger charge is -2.08. The van der Waals surface area contributed by atoms with Crippen LogP contribution >= 0.6 is 0 Å². The SMILES string of the molecule is Cc1cccnc1C1CNC(=O)C1. The lowest BCUT2D eigenvalue weighted by molar-refractivity contribution is -0.119. The zero-order valence-electron chi connectivity index (χ0n) is 7.58. The second kappa shape index (κ2) is 3.17. The molecule has 2 rings (SSSR count). The highest BCUT2D eigenvalue weighted by atomic mass is 16.1. The molecule has 0 saturated carbocycles. The molecular formula is C10H12N2O. The van der Waals surface area contributed by atoms with E-state index in [0.29, 0.717) is 6.42 Å². The first-order valence-corrected chi connectivity index (χ1v) is 4.45. The van der Waals surface area contributed by atoms with Gasteiger partial charge in [0.25, 0.3) is 0 Å². The van der Waals surface area contributed by atoms with Crippen molar-refractivity contribution in [3.05, 3.63) is 29.6 Å². The van der Waals surface area contributed by atoms with Gasteiger partial charge >= 0.3 is 0 Å². The molecule has 0 aliphatic carbocycles. The van der Waals surface area contributed by atoms with Crippen LogP contribution in [0.5, 0.6) is 0 Å². The summed E-state index contributed by atoms with van der Waals surface area (Å²) < 4.78 is 0. The van der Waals surface area contributed by atoms with Gasteiger partial charge in [0, 0.05) is 30.8 Å². The summed E-state index contributed by atoms with van der Waals surface area (Å²) in [7, 11) is 0. The normalized spacial score (nSPS) is 21.6. The zero-order chi connectivity index (χ0) is 9.26. The molecule has 0 aromatic carbocycles. The number of aromatic nitrogens is 1. The number of aryl methyl sites for hydroxylation is 1. The molecule has 1 amide bonds. The molecule has 1 N–H and O–H groups in total. The van der Waals surface area contributed by atoms with Crippen LogP contribution in [0, 0.1) is 6.92 Å². The van der Waals surface area contributed by atoms with E-state index in [0.717, 1.165) is 12.2 Å². The van der Waals surface area contributed by atoms with Crippen LogP contribution in [0.1, 0.15) is 23.6 Å². The van der Waals surface area contributed by atoms with Crippen LogP contribution in [0.4, 0.5) is 0 Å². The van der Waals surface area contributed by atoms with Gasteiger partial charge in [0.2, 0.25) is 5.91 Å². The van der Waals surface area contributed by atoms with Crippen molar-refractivity contribution in [3.63, 3.8) is 0 Å². The molecule has 1 unspecified atom stereocenters. The fraction of sp³-hybridized carbons (Fsp3) is 0.400. The van der Waals surface area contributed by atoms with E-state index in [1.807, 2.05) is 19.1 Å². The first-order valence-electron chi connectivity index (χ1n) is 4.45. The number of amides is 1. The fourth-order valence-corrected chi connectivity index (χ4v) is 1.72. The molecule has 3 nitrogen and oxygen atoms in total. The zero-order valence-corrected chi connectivity index (χ0v) is 7.58. The molecule has 1 fully saturated rings. The molecule has 13 heavy (non-hydrogen) atoms. The first kappa shape index (κ1) is 8.23. The number of hydrogen-bond donors (Lipinski definition) is 1. The van der Waals surface area contributed by atoms with Crippen molar-refractivity contribution in [1.29, 1.82) is 0 Å². The van der Waals surface area contributed by atoms with E-state index in [1.54, 1.807) is 6.20 Å². The Labute approximate surface area is 77.2 Å². The molecule has 1 atom stereocenters. The van der Waals surface area contributed by atoms with Gasteiger partial charge in [-0.25, -0.2) is 0 Å². The maximum absolute atomic E-state index is 11.0. The topological polar surface area (TPSA) is 42.0 Å². The van der Waals surface area contributed by atoms with Gasteiger partial charge in [-0.1, -0.05) is 6.07 Å². The van der Waals surface area contributed by atoms with Gasteiger partial charge in [-0.15, -0.1) is 0 Å². The summed E-state index contributed by atoms with van der Waals surface area (Å²) in [6, 6.07) is 3.95. The monoisotopic (exact) mass is 176 g/mol. The minimum absolute atomic E-state index is 0.134.